The quantitative estimate of drug-likeness (QED) is 0.433. The first kappa shape index (κ1) is 21.9. The minimum absolute atomic E-state index is 0.106. The van der Waals surface area contributed by atoms with Crippen molar-refractivity contribution in [3.8, 4) is 6.07 Å². The first-order valence-corrected chi connectivity index (χ1v) is 11.2. The summed E-state index contributed by atoms with van der Waals surface area (Å²) >= 11 is 0. The fourth-order valence-electron chi connectivity index (χ4n) is 4.39. The molecule has 1 aromatic heterocycles. The molecule has 2 unspecified atom stereocenters. The Morgan fingerprint density at radius 3 is 2.75 bits per heavy atom. The van der Waals surface area contributed by atoms with Gasteiger partial charge in [0.1, 0.15) is 11.6 Å². The lowest BCUT2D eigenvalue weighted by Crippen LogP contribution is -2.27. The number of carbonyl (C=O) groups excluding carboxylic acids is 1. The Hall–Kier alpha value is -3.36. The summed E-state index contributed by atoms with van der Waals surface area (Å²) in [5, 5.41) is 14.9. The molecule has 2 atom stereocenters. The molecule has 164 valence electrons. The first-order chi connectivity index (χ1) is 15.5. The van der Waals surface area contributed by atoms with Crippen LogP contribution in [0.3, 0.4) is 0 Å². The van der Waals surface area contributed by atoms with Crippen LogP contribution < -0.4 is 5.32 Å². The summed E-state index contributed by atoms with van der Waals surface area (Å²) < 4.78 is 7.99. The summed E-state index contributed by atoms with van der Waals surface area (Å²) in [5.74, 6) is -0.364. The monoisotopic (exact) mass is 427 g/mol. The number of hydrogen-bond donors (Lipinski definition) is 1. The molecule has 0 bridgehead atoms. The molecule has 4 rings (SSSR count). The third-order valence-electron chi connectivity index (χ3n) is 6.31. The maximum Gasteiger partial charge on any atom is 0.262 e. The summed E-state index contributed by atoms with van der Waals surface area (Å²) in [6.45, 7) is 7.64. The van der Waals surface area contributed by atoms with E-state index in [9.17, 15) is 10.1 Å². The average Bonchev–Trinajstić information content (AvgIpc) is 3.40. The second-order valence-electron chi connectivity index (χ2n) is 8.54. The van der Waals surface area contributed by atoms with Crippen LogP contribution in [0.25, 0.3) is 16.8 Å². The largest absolute Gasteiger partial charge is 0.376 e. The van der Waals surface area contributed by atoms with Crippen molar-refractivity contribution >= 4 is 22.8 Å². The molecule has 32 heavy (non-hydrogen) atoms. The minimum Gasteiger partial charge on any atom is -0.376 e. The number of nitrogens with one attached hydrogen (secondary N) is 1. The molecular weight excluding hydrogens is 398 g/mol. The summed E-state index contributed by atoms with van der Waals surface area (Å²) in [6.07, 6.45) is 4.10. The highest BCUT2D eigenvalue weighted by Crippen LogP contribution is 2.23. The van der Waals surface area contributed by atoms with Gasteiger partial charge >= 0.3 is 0 Å². The van der Waals surface area contributed by atoms with Crippen LogP contribution in [0.1, 0.15) is 48.3 Å². The minimum atomic E-state index is -0.364. The molecular formula is C27H29N3O2. The first-order valence-electron chi connectivity index (χ1n) is 11.2. The number of carbonyl (C=O) groups is 1. The number of rotatable bonds is 6. The molecule has 0 radical (unpaired) electrons. The number of ether oxygens (including phenoxy) is 1. The van der Waals surface area contributed by atoms with Crippen molar-refractivity contribution in [1.82, 2.24) is 9.88 Å². The zero-order chi connectivity index (χ0) is 22.7. The van der Waals surface area contributed by atoms with Gasteiger partial charge in [0.2, 0.25) is 0 Å². The van der Waals surface area contributed by atoms with Crippen LogP contribution in [0, 0.1) is 25.2 Å². The Labute approximate surface area is 189 Å². The Bertz CT molecular complexity index is 1210. The van der Waals surface area contributed by atoms with Crippen molar-refractivity contribution in [3.05, 3.63) is 76.6 Å². The van der Waals surface area contributed by atoms with E-state index in [1.807, 2.05) is 45.0 Å². The number of aromatic nitrogens is 1. The Morgan fingerprint density at radius 1 is 1.25 bits per heavy atom. The van der Waals surface area contributed by atoms with Gasteiger partial charge in [0.25, 0.3) is 5.91 Å². The highest BCUT2D eigenvalue weighted by molar-refractivity contribution is 6.02. The van der Waals surface area contributed by atoms with E-state index in [2.05, 4.69) is 40.2 Å². The lowest BCUT2D eigenvalue weighted by Gasteiger charge is -2.15. The lowest BCUT2D eigenvalue weighted by molar-refractivity contribution is -0.117. The van der Waals surface area contributed by atoms with Gasteiger partial charge in [0.15, 0.2) is 0 Å². The van der Waals surface area contributed by atoms with E-state index in [4.69, 9.17) is 4.74 Å². The second kappa shape index (κ2) is 9.42. The molecule has 5 nitrogen and oxygen atoms in total. The van der Waals surface area contributed by atoms with Gasteiger partial charge in [-0.1, -0.05) is 36.4 Å². The van der Waals surface area contributed by atoms with Crippen LogP contribution in [-0.2, 0) is 16.1 Å². The van der Waals surface area contributed by atoms with Gasteiger partial charge in [-0.2, -0.15) is 5.26 Å². The Morgan fingerprint density at radius 2 is 2.03 bits per heavy atom. The molecule has 0 aliphatic carbocycles. The predicted octanol–water partition coefficient (Wildman–Crippen LogP) is 5.22. The van der Waals surface area contributed by atoms with Gasteiger partial charge in [-0.3, -0.25) is 4.79 Å². The number of hydrogen-bond acceptors (Lipinski definition) is 3. The van der Waals surface area contributed by atoms with Crippen molar-refractivity contribution in [2.24, 2.45) is 0 Å². The fourth-order valence-corrected chi connectivity index (χ4v) is 4.39. The average molecular weight is 428 g/mol. The highest BCUT2D eigenvalue weighted by Gasteiger charge is 2.20. The maximum atomic E-state index is 12.9. The summed E-state index contributed by atoms with van der Waals surface area (Å²) in [5.41, 5.74) is 4.15. The van der Waals surface area contributed by atoms with Crippen LogP contribution >= 0.6 is 0 Å². The van der Waals surface area contributed by atoms with Gasteiger partial charge in [-0.25, -0.2) is 0 Å². The van der Waals surface area contributed by atoms with E-state index < -0.39 is 0 Å². The summed E-state index contributed by atoms with van der Waals surface area (Å²) in [7, 11) is 0. The second-order valence-corrected chi connectivity index (χ2v) is 8.54. The third kappa shape index (κ3) is 4.61. The zero-order valence-electron chi connectivity index (χ0n) is 18.9. The van der Waals surface area contributed by atoms with Crippen molar-refractivity contribution in [2.45, 2.75) is 52.3 Å². The smallest absolute Gasteiger partial charge is 0.262 e. The van der Waals surface area contributed by atoms with Crippen LogP contribution in [0.2, 0.25) is 0 Å². The van der Waals surface area contributed by atoms with Crippen molar-refractivity contribution < 1.29 is 9.53 Å². The van der Waals surface area contributed by atoms with Crippen molar-refractivity contribution in [1.29, 1.82) is 5.26 Å². The molecule has 1 aliphatic heterocycles. The molecule has 1 fully saturated rings. The Kier molecular flexibility index (Phi) is 6.43. The van der Waals surface area contributed by atoms with Crippen LogP contribution in [0.5, 0.6) is 0 Å². The SMILES string of the molecule is Cc1cc(/C=C(/C#N)C(=O)NC(C)c2ccc3ccccc3c2)c(C)n1CC1CCCO1. The molecule has 1 N–H and O–H groups in total. The number of nitriles is 1. The molecule has 5 heteroatoms. The van der Waals surface area contributed by atoms with Crippen LogP contribution in [0.4, 0.5) is 0 Å². The number of aryl methyl sites for hydroxylation is 1. The number of fused-ring (bicyclic) bond motifs is 1. The normalized spacial score (nSPS) is 17.3. The van der Waals surface area contributed by atoms with Crippen molar-refractivity contribution in [2.75, 3.05) is 6.61 Å². The predicted molar refractivity (Wildman–Crippen MR) is 127 cm³/mol. The van der Waals surface area contributed by atoms with E-state index in [-0.39, 0.29) is 23.6 Å². The van der Waals surface area contributed by atoms with E-state index >= 15 is 0 Å². The maximum absolute atomic E-state index is 12.9. The fraction of sp³-hybridized carbons (Fsp3) is 0.333. The zero-order valence-corrected chi connectivity index (χ0v) is 18.9. The number of benzene rings is 2. The molecule has 0 spiro atoms. The van der Waals surface area contributed by atoms with E-state index in [1.165, 1.54) is 0 Å². The molecule has 2 aromatic carbocycles. The number of nitrogens with zero attached hydrogens (tertiary/aromatic N) is 2. The molecule has 1 aliphatic rings. The molecule has 0 saturated carbocycles. The topological polar surface area (TPSA) is 67.0 Å². The van der Waals surface area contributed by atoms with Gasteiger partial charge in [0, 0.05) is 24.5 Å². The van der Waals surface area contributed by atoms with E-state index in [0.29, 0.717) is 0 Å². The van der Waals surface area contributed by atoms with Crippen LogP contribution in [0.15, 0.2) is 54.1 Å². The number of amides is 1. The van der Waals surface area contributed by atoms with Crippen LogP contribution in [-0.4, -0.2) is 23.2 Å². The lowest BCUT2D eigenvalue weighted by atomic mass is 10.0. The van der Waals surface area contributed by atoms with Crippen molar-refractivity contribution in [3.63, 3.8) is 0 Å². The molecule has 2 heterocycles. The Balaban J connectivity index is 1.51. The molecule has 1 saturated heterocycles. The molecule has 3 aromatic rings. The third-order valence-corrected chi connectivity index (χ3v) is 6.31. The standard InChI is InChI=1S/C27H29N3O2/c1-18-13-24(20(3)30(18)17-26-9-6-12-32-26)15-25(16-28)27(31)29-19(2)22-11-10-21-7-4-5-8-23(21)14-22/h4-5,7-8,10-11,13-15,19,26H,6,9,12,17H2,1-3H3,(H,29,31)/b25-15-. The van der Waals surface area contributed by atoms with Gasteiger partial charge in [-0.05, 0) is 73.7 Å². The summed E-state index contributed by atoms with van der Waals surface area (Å²) in [6, 6.07) is 18.2. The van der Waals surface area contributed by atoms with Gasteiger partial charge in [-0.15, -0.1) is 0 Å². The van der Waals surface area contributed by atoms with Gasteiger partial charge in [0.05, 0.1) is 12.1 Å². The van der Waals surface area contributed by atoms with E-state index in [0.717, 1.165) is 59.3 Å². The highest BCUT2D eigenvalue weighted by atomic mass is 16.5. The van der Waals surface area contributed by atoms with E-state index in [1.54, 1.807) is 6.08 Å². The summed E-state index contributed by atoms with van der Waals surface area (Å²) in [4.78, 5) is 12.9. The molecule has 1 amide bonds. The van der Waals surface area contributed by atoms with Gasteiger partial charge < -0.3 is 14.6 Å².